The number of rotatable bonds is 5. The van der Waals surface area contributed by atoms with Gasteiger partial charge in [0.1, 0.15) is 23.3 Å². The fourth-order valence-corrected chi connectivity index (χ4v) is 3.75. The number of nitrogens with zero attached hydrogens (tertiary/aromatic N) is 5. The van der Waals surface area contributed by atoms with Crippen LogP contribution in [0.3, 0.4) is 0 Å². The Morgan fingerprint density at radius 2 is 1.88 bits per heavy atom. The van der Waals surface area contributed by atoms with Crippen molar-refractivity contribution in [3.05, 3.63) is 74.3 Å². The lowest BCUT2D eigenvalue weighted by atomic mass is 10.2. The molecule has 2 aromatic carbocycles. The average Bonchev–Trinajstić information content (AvgIpc) is 2.73. The van der Waals surface area contributed by atoms with Crippen LogP contribution in [-0.4, -0.2) is 26.1 Å². The molecule has 0 spiro atoms. The Balaban J connectivity index is 1.77. The Labute approximate surface area is 192 Å². The molecule has 0 fully saturated rings. The van der Waals surface area contributed by atoms with Gasteiger partial charge in [0, 0.05) is 18.0 Å². The SMILES string of the molecule is N#Cc1c(N)nc(N)nc1NCCc1nc2cccc(Cl)c2c(=O)n1-c1cccc(Cl)c1. The van der Waals surface area contributed by atoms with Gasteiger partial charge in [0.25, 0.3) is 5.56 Å². The third kappa shape index (κ3) is 4.01. The maximum atomic E-state index is 13.4. The second-order valence-corrected chi connectivity index (χ2v) is 7.61. The molecule has 0 atom stereocenters. The number of benzene rings is 2. The van der Waals surface area contributed by atoms with Crippen molar-refractivity contribution in [2.24, 2.45) is 0 Å². The second kappa shape index (κ2) is 8.70. The summed E-state index contributed by atoms with van der Waals surface area (Å²) in [5.41, 5.74) is 12.2. The molecule has 32 heavy (non-hydrogen) atoms. The van der Waals surface area contributed by atoms with Crippen LogP contribution in [-0.2, 0) is 6.42 Å². The lowest BCUT2D eigenvalue weighted by Gasteiger charge is -2.15. The molecule has 11 heteroatoms. The first kappa shape index (κ1) is 21.4. The molecule has 0 aliphatic heterocycles. The highest BCUT2D eigenvalue weighted by atomic mass is 35.5. The Morgan fingerprint density at radius 3 is 2.62 bits per heavy atom. The number of anilines is 3. The summed E-state index contributed by atoms with van der Waals surface area (Å²) >= 11 is 12.4. The van der Waals surface area contributed by atoms with Crippen molar-refractivity contribution in [3.8, 4) is 11.8 Å². The molecule has 0 aliphatic rings. The zero-order valence-corrected chi connectivity index (χ0v) is 18.0. The third-order valence-corrected chi connectivity index (χ3v) is 5.24. The van der Waals surface area contributed by atoms with Crippen molar-refractivity contribution in [2.75, 3.05) is 23.3 Å². The maximum Gasteiger partial charge on any atom is 0.267 e. The molecule has 9 nitrogen and oxygen atoms in total. The van der Waals surface area contributed by atoms with Gasteiger partial charge in [0.05, 0.1) is 21.6 Å². The standard InChI is InChI=1S/C21H16Cl2N8O/c22-11-3-1-4-12(9-11)31-16(28-15-6-2-5-14(23)17(15)20(31)32)7-8-27-19-13(10-24)18(25)29-21(26)30-19/h1-6,9H,7-8H2,(H5,25,26,27,29,30). The Hall–Kier alpha value is -3.87. The predicted octanol–water partition coefficient (Wildman–Crippen LogP) is 3.17. The summed E-state index contributed by atoms with van der Waals surface area (Å²) in [6, 6.07) is 13.9. The molecule has 0 unspecified atom stereocenters. The molecule has 4 rings (SSSR count). The number of nitrogen functional groups attached to an aromatic ring is 2. The summed E-state index contributed by atoms with van der Waals surface area (Å²) in [4.78, 5) is 25.9. The van der Waals surface area contributed by atoms with Gasteiger partial charge >= 0.3 is 0 Å². The van der Waals surface area contributed by atoms with Gasteiger partial charge in [0.2, 0.25) is 5.95 Å². The van der Waals surface area contributed by atoms with E-state index in [1.54, 1.807) is 42.5 Å². The van der Waals surface area contributed by atoms with Crippen molar-refractivity contribution >= 4 is 51.7 Å². The molecule has 0 aliphatic carbocycles. The number of hydrogen-bond donors (Lipinski definition) is 3. The first-order valence-corrected chi connectivity index (χ1v) is 10.2. The molecule has 0 saturated carbocycles. The first-order valence-electron chi connectivity index (χ1n) is 9.42. The minimum absolute atomic E-state index is 0.0168. The zero-order chi connectivity index (χ0) is 22.8. The summed E-state index contributed by atoms with van der Waals surface area (Å²) < 4.78 is 1.47. The normalized spacial score (nSPS) is 10.8. The van der Waals surface area contributed by atoms with Crippen molar-refractivity contribution in [3.63, 3.8) is 0 Å². The van der Waals surface area contributed by atoms with E-state index in [1.165, 1.54) is 4.57 Å². The van der Waals surface area contributed by atoms with Gasteiger partial charge in [-0.3, -0.25) is 9.36 Å². The summed E-state index contributed by atoms with van der Waals surface area (Å²) in [5.74, 6) is 0.598. The summed E-state index contributed by atoms with van der Waals surface area (Å²) in [6.07, 6.45) is 0.304. The number of nitrogens with one attached hydrogen (secondary N) is 1. The monoisotopic (exact) mass is 466 g/mol. The number of aromatic nitrogens is 4. The molecule has 2 heterocycles. The van der Waals surface area contributed by atoms with Gasteiger partial charge in [-0.15, -0.1) is 0 Å². The first-order chi connectivity index (χ1) is 15.4. The minimum atomic E-state index is -0.314. The Morgan fingerprint density at radius 1 is 1.09 bits per heavy atom. The van der Waals surface area contributed by atoms with Gasteiger partial charge < -0.3 is 16.8 Å². The fourth-order valence-electron chi connectivity index (χ4n) is 3.31. The largest absolute Gasteiger partial charge is 0.382 e. The molecule has 5 N–H and O–H groups in total. The highest BCUT2D eigenvalue weighted by molar-refractivity contribution is 6.35. The van der Waals surface area contributed by atoms with Gasteiger partial charge in [-0.1, -0.05) is 35.3 Å². The molecular formula is C21H16Cl2N8O. The molecule has 0 bridgehead atoms. The van der Waals surface area contributed by atoms with Crippen LogP contribution in [0, 0.1) is 11.3 Å². The number of halogens is 2. The summed E-state index contributed by atoms with van der Waals surface area (Å²) in [5, 5.41) is 13.5. The number of hydrogen-bond acceptors (Lipinski definition) is 8. The van der Waals surface area contributed by atoms with E-state index in [2.05, 4.69) is 20.3 Å². The van der Waals surface area contributed by atoms with Gasteiger partial charge in [-0.2, -0.15) is 15.2 Å². The third-order valence-electron chi connectivity index (χ3n) is 4.69. The van der Waals surface area contributed by atoms with Gasteiger partial charge in [-0.05, 0) is 30.3 Å². The maximum absolute atomic E-state index is 13.4. The fraction of sp³-hybridized carbons (Fsp3) is 0.0952. The van der Waals surface area contributed by atoms with Crippen LogP contribution in [0.25, 0.3) is 16.6 Å². The van der Waals surface area contributed by atoms with Gasteiger partial charge in [0.15, 0.2) is 5.82 Å². The molecule has 4 aromatic rings. The second-order valence-electron chi connectivity index (χ2n) is 6.76. The van der Waals surface area contributed by atoms with Crippen molar-refractivity contribution in [1.29, 1.82) is 5.26 Å². The van der Waals surface area contributed by atoms with E-state index >= 15 is 0 Å². The topological polar surface area (TPSA) is 149 Å². The number of nitrogens with two attached hydrogens (primary N) is 2. The molecule has 0 saturated heterocycles. The summed E-state index contributed by atoms with van der Waals surface area (Å²) in [7, 11) is 0. The highest BCUT2D eigenvalue weighted by Gasteiger charge is 2.16. The van der Waals surface area contributed by atoms with Crippen LogP contribution in [0.5, 0.6) is 0 Å². The highest BCUT2D eigenvalue weighted by Crippen LogP contribution is 2.22. The van der Waals surface area contributed by atoms with E-state index in [4.69, 9.17) is 34.7 Å². The van der Waals surface area contributed by atoms with Crippen LogP contribution in [0.1, 0.15) is 11.4 Å². The number of nitriles is 1. The van der Waals surface area contributed by atoms with Crippen molar-refractivity contribution < 1.29 is 0 Å². The molecular weight excluding hydrogens is 451 g/mol. The van der Waals surface area contributed by atoms with E-state index in [9.17, 15) is 10.1 Å². The van der Waals surface area contributed by atoms with Crippen LogP contribution in [0.4, 0.5) is 17.6 Å². The molecule has 0 amide bonds. The lowest BCUT2D eigenvalue weighted by molar-refractivity contribution is 0.809. The van der Waals surface area contributed by atoms with Crippen LogP contribution < -0.4 is 22.3 Å². The van der Waals surface area contributed by atoms with E-state index < -0.39 is 0 Å². The van der Waals surface area contributed by atoms with E-state index in [1.807, 2.05) is 6.07 Å². The Kier molecular flexibility index (Phi) is 5.81. The summed E-state index contributed by atoms with van der Waals surface area (Å²) in [6.45, 7) is 0.281. The molecule has 2 aromatic heterocycles. The van der Waals surface area contributed by atoms with E-state index in [0.717, 1.165) is 0 Å². The van der Waals surface area contributed by atoms with E-state index in [0.29, 0.717) is 38.9 Å². The zero-order valence-electron chi connectivity index (χ0n) is 16.5. The van der Waals surface area contributed by atoms with Crippen LogP contribution in [0.15, 0.2) is 47.3 Å². The van der Waals surface area contributed by atoms with Crippen molar-refractivity contribution in [1.82, 2.24) is 19.5 Å². The van der Waals surface area contributed by atoms with Gasteiger partial charge in [-0.25, -0.2) is 4.98 Å². The van der Waals surface area contributed by atoms with E-state index in [-0.39, 0.29) is 35.3 Å². The number of fused-ring (bicyclic) bond motifs is 1. The molecule has 0 radical (unpaired) electrons. The average molecular weight is 467 g/mol. The lowest BCUT2D eigenvalue weighted by Crippen LogP contribution is -2.25. The minimum Gasteiger partial charge on any atom is -0.382 e. The quantitative estimate of drug-likeness (QED) is 0.405. The molecule has 160 valence electrons. The smallest absolute Gasteiger partial charge is 0.267 e. The van der Waals surface area contributed by atoms with Crippen LogP contribution in [0.2, 0.25) is 10.0 Å². The predicted molar refractivity (Wildman–Crippen MR) is 125 cm³/mol. The van der Waals surface area contributed by atoms with Crippen LogP contribution >= 0.6 is 23.2 Å². The van der Waals surface area contributed by atoms with Crippen molar-refractivity contribution in [2.45, 2.75) is 6.42 Å². The Bertz CT molecular complexity index is 1440.